The summed E-state index contributed by atoms with van der Waals surface area (Å²) in [5.74, 6) is 0.895. The van der Waals surface area contributed by atoms with E-state index in [1.165, 1.54) is 89.9 Å². The van der Waals surface area contributed by atoms with Crippen LogP contribution in [-0.2, 0) is 28.6 Å². The van der Waals surface area contributed by atoms with Crippen LogP contribution >= 0.6 is 0 Å². The fourth-order valence-corrected chi connectivity index (χ4v) is 9.03. The lowest BCUT2D eigenvalue weighted by Gasteiger charge is -2.29. The Morgan fingerprint density at radius 1 is 0.561 bits per heavy atom. The van der Waals surface area contributed by atoms with Crippen molar-refractivity contribution in [3.05, 3.63) is 0 Å². The van der Waals surface area contributed by atoms with Gasteiger partial charge in [0.25, 0.3) is 0 Å². The van der Waals surface area contributed by atoms with Crippen LogP contribution in [0.1, 0.15) is 233 Å². The third-order valence-electron chi connectivity index (χ3n) is 12.9. The predicted molar refractivity (Wildman–Crippen MR) is 234 cm³/mol. The molecule has 8 heteroatoms. The first-order valence-corrected chi connectivity index (χ1v) is 24.8. The maximum absolute atomic E-state index is 13.2. The minimum atomic E-state index is -0.108. The van der Waals surface area contributed by atoms with Gasteiger partial charge in [0, 0.05) is 13.0 Å². The molecule has 57 heavy (non-hydrogen) atoms. The summed E-state index contributed by atoms with van der Waals surface area (Å²) in [4.78, 5) is 40.7. The van der Waals surface area contributed by atoms with Gasteiger partial charge in [0.2, 0.25) is 0 Å². The highest BCUT2D eigenvalue weighted by atomic mass is 16.6. The molecule has 0 spiro atoms. The van der Waals surface area contributed by atoms with E-state index in [1.807, 2.05) is 0 Å². The number of ether oxygens (including phenoxy) is 3. The van der Waals surface area contributed by atoms with Crippen molar-refractivity contribution in [2.45, 2.75) is 245 Å². The Morgan fingerprint density at radius 2 is 1.07 bits per heavy atom. The van der Waals surface area contributed by atoms with Crippen molar-refractivity contribution in [1.29, 1.82) is 0 Å². The first-order valence-electron chi connectivity index (χ1n) is 24.8. The molecule has 0 heterocycles. The molecule has 2 saturated carbocycles. The van der Waals surface area contributed by atoms with Gasteiger partial charge < -0.3 is 24.2 Å². The van der Waals surface area contributed by atoms with Gasteiger partial charge in [-0.05, 0) is 109 Å². The van der Waals surface area contributed by atoms with E-state index in [-0.39, 0.29) is 48.6 Å². The number of hydrogen-bond acceptors (Lipinski definition) is 8. The molecule has 0 aromatic carbocycles. The average molecular weight is 806 g/mol. The van der Waals surface area contributed by atoms with Crippen LogP contribution in [0, 0.1) is 17.8 Å². The molecule has 1 unspecified atom stereocenters. The summed E-state index contributed by atoms with van der Waals surface area (Å²) in [6, 6.07) is 0. The number of unbranched alkanes of at least 4 members (excludes halogenated alkanes) is 16. The molecule has 0 aromatic heterocycles. The molecule has 2 aliphatic rings. The summed E-state index contributed by atoms with van der Waals surface area (Å²) in [6.07, 6.45) is 35.4. The van der Waals surface area contributed by atoms with Crippen molar-refractivity contribution in [1.82, 2.24) is 4.90 Å². The lowest BCUT2D eigenvalue weighted by Crippen LogP contribution is -2.31. The van der Waals surface area contributed by atoms with Crippen LogP contribution in [0.2, 0.25) is 0 Å². The number of aliphatic hydroxyl groups is 1. The number of hydrogen-bond donors (Lipinski definition) is 1. The maximum atomic E-state index is 13.2. The number of carbonyl (C=O) groups excluding carboxylic acids is 3. The van der Waals surface area contributed by atoms with Crippen LogP contribution in [0.4, 0.5) is 0 Å². The summed E-state index contributed by atoms with van der Waals surface area (Å²) in [7, 11) is 0. The van der Waals surface area contributed by atoms with Gasteiger partial charge in [-0.15, -0.1) is 0 Å². The monoisotopic (exact) mass is 806 g/mol. The standard InChI is InChI=1S/C49H91NO7/c1-4-7-10-12-14-20-27-43(26-19-11-8-5-2)49(54)57-46-35-33-45(34-36-46)56-47(52)28-21-17-23-38-50(39-40-51)37-22-15-13-16-24-41-55-48(53)44-31-29-42(30-32-44)25-18-9-6-3/h42-46,51H,4-41H2,1-3H3. The third kappa shape index (κ3) is 26.2. The molecular weight excluding hydrogens is 715 g/mol. The van der Waals surface area contributed by atoms with E-state index in [1.54, 1.807) is 0 Å². The van der Waals surface area contributed by atoms with E-state index in [9.17, 15) is 19.5 Å². The molecule has 1 atom stereocenters. The van der Waals surface area contributed by atoms with E-state index in [0.717, 1.165) is 135 Å². The molecule has 0 aliphatic heterocycles. The fourth-order valence-electron chi connectivity index (χ4n) is 9.03. The highest BCUT2D eigenvalue weighted by Gasteiger charge is 2.29. The second-order valence-corrected chi connectivity index (χ2v) is 18.0. The van der Waals surface area contributed by atoms with Gasteiger partial charge in [0.1, 0.15) is 12.2 Å². The van der Waals surface area contributed by atoms with Gasteiger partial charge in [-0.2, -0.15) is 0 Å². The topological polar surface area (TPSA) is 102 Å². The number of nitrogens with zero attached hydrogens (tertiary/aromatic N) is 1. The van der Waals surface area contributed by atoms with Crippen LogP contribution < -0.4 is 0 Å². The Morgan fingerprint density at radius 3 is 1.68 bits per heavy atom. The van der Waals surface area contributed by atoms with Crippen LogP contribution in [0.25, 0.3) is 0 Å². The van der Waals surface area contributed by atoms with Crippen molar-refractivity contribution in [2.24, 2.45) is 17.8 Å². The van der Waals surface area contributed by atoms with E-state index >= 15 is 0 Å². The van der Waals surface area contributed by atoms with Gasteiger partial charge in [-0.25, -0.2) is 0 Å². The van der Waals surface area contributed by atoms with Crippen LogP contribution in [-0.4, -0.2) is 73.0 Å². The molecule has 2 aliphatic carbocycles. The molecule has 0 bridgehead atoms. The van der Waals surface area contributed by atoms with Crippen molar-refractivity contribution in [3.63, 3.8) is 0 Å². The molecule has 0 aromatic rings. The Labute approximate surface area is 351 Å². The fraction of sp³-hybridized carbons (Fsp3) is 0.939. The Balaban J connectivity index is 1.49. The van der Waals surface area contributed by atoms with Gasteiger partial charge >= 0.3 is 17.9 Å². The number of esters is 3. The van der Waals surface area contributed by atoms with E-state index < -0.39 is 0 Å². The van der Waals surface area contributed by atoms with Crippen molar-refractivity contribution >= 4 is 17.9 Å². The Bertz CT molecular complexity index is 975. The zero-order valence-corrected chi connectivity index (χ0v) is 37.6. The third-order valence-corrected chi connectivity index (χ3v) is 12.9. The highest BCUT2D eigenvalue weighted by Crippen LogP contribution is 2.33. The van der Waals surface area contributed by atoms with Crippen LogP contribution in [0.5, 0.6) is 0 Å². The first kappa shape index (κ1) is 51.5. The minimum Gasteiger partial charge on any atom is -0.465 e. The molecule has 1 N–H and O–H groups in total. The Kier molecular flexibility index (Phi) is 31.7. The molecule has 0 saturated heterocycles. The lowest BCUT2D eigenvalue weighted by molar-refractivity contribution is -0.161. The van der Waals surface area contributed by atoms with Gasteiger partial charge in [0.15, 0.2) is 0 Å². The predicted octanol–water partition coefficient (Wildman–Crippen LogP) is 12.5. The molecule has 0 amide bonds. The zero-order valence-electron chi connectivity index (χ0n) is 37.6. The molecule has 334 valence electrons. The maximum Gasteiger partial charge on any atom is 0.309 e. The van der Waals surface area contributed by atoms with E-state index in [4.69, 9.17) is 14.2 Å². The summed E-state index contributed by atoms with van der Waals surface area (Å²) in [5, 5.41) is 9.59. The number of carbonyl (C=O) groups is 3. The lowest BCUT2D eigenvalue weighted by atomic mass is 9.80. The molecule has 8 nitrogen and oxygen atoms in total. The molecule has 2 rings (SSSR count). The van der Waals surface area contributed by atoms with Crippen LogP contribution in [0.15, 0.2) is 0 Å². The van der Waals surface area contributed by atoms with E-state index in [0.29, 0.717) is 19.6 Å². The smallest absolute Gasteiger partial charge is 0.309 e. The van der Waals surface area contributed by atoms with E-state index in [2.05, 4.69) is 25.7 Å². The SMILES string of the molecule is CCCCCCCCC(CCCCCC)C(=O)OC1CCC(OC(=O)CCCCCN(CCO)CCCCCCCOC(=O)C2CCC(CCCCC)CC2)CC1. The zero-order chi connectivity index (χ0) is 41.2. The normalized spacial score (nSPS) is 20.4. The molecule has 2 fully saturated rings. The largest absolute Gasteiger partial charge is 0.465 e. The summed E-state index contributed by atoms with van der Waals surface area (Å²) in [6.45, 7) is 10.0. The number of rotatable bonds is 36. The summed E-state index contributed by atoms with van der Waals surface area (Å²) < 4.78 is 17.5. The van der Waals surface area contributed by atoms with Crippen molar-refractivity contribution in [2.75, 3.05) is 32.8 Å². The molecular formula is C49H91NO7. The second kappa shape index (κ2) is 35.1. The summed E-state index contributed by atoms with van der Waals surface area (Å²) >= 11 is 0. The van der Waals surface area contributed by atoms with Crippen molar-refractivity contribution < 1.29 is 33.7 Å². The average Bonchev–Trinajstić information content (AvgIpc) is 3.21. The van der Waals surface area contributed by atoms with Gasteiger partial charge in [0.05, 0.1) is 25.0 Å². The quantitative estimate of drug-likeness (QED) is 0.0379. The highest BCUT2D eigenvalue weighted by molar-refractivity contribution is 5.73. The first-order chi connectivity index (χ1) is 27.9. The number of aliphatic hydroxyl groups excluding tert-OH is 1. The Hall–Kier alpha value is -1.67. The van der Waals surface area contributed by atoms with Crippen molar-refractivity contribution in [3.8, 4) is 0 Å². The van der Waals surface area contributed by atoms with Gasteiger partial charge in [-0.1, -0.05) is 136 Å². The second-order valence-electron chi connectivity index (χ2n) is 18.0. The summed E-state index contributed by atoms with van der Waals surface area (Å²) in [5.41, 5.74) is 0. The van der Waals surface area contributed by atoms with Crippen LogP contribution in [0.3, 0.4) is 0 Å². The van der Waals surface area contributed by atoms with Gasteiger partial charge in [-0.3, -0.25) is 14.4 Å². The minimum absolute atomic E-state index is 0.00406. The molecule has 0 radical (unpaired) electrons.